The van der Waals surface area contributed by atoms with Crippen LogP contribution < -0.4 is 10.1 Å². The highest BCUT2D eigenvalue weighted by atomic mass is 19.4. The molecule has 29 heavy (non-hydrogen) atoms. The van der Waals surface area contributed by atoms with Crippen molar-refractivity contribution in [1.29, 1.82) is 0 Å². The van der Waals surface area contributed by atoms with Crippen LogP contribution in [0.1, 0.15) is 24.5 Å². The first-order valence-corrected chi connectivity index (χ1v) is 9.67. The largest absolute Gasteiger partial charge is 0.484 e. The Labute approximate surface area is 168 Å². The van der Waals surface area contributed by atoms with E-state index in [2.05, 4.69) is 29.3 Å². The molecule has 2 aromatic carbocycles. The first kappa shape index (κ1) is 21.2. The summed E-state index contributed by atoms with van der Waals surface area (Å²) in [5.74, 6) is 0.264. The van der Waals surface area contributed by atoms with Crippen LogP contribution in [0.4, 0.5) is 13.2 Å². The number of carbonyl (C=O) groups is 1. The van der Waals surface area contributed by atoms with Gasteiger partial charge in [0, 0.05) is 25.7 Å². The van der Waals surface area contributed by atoms with Gasteiger partial charge in [-0.2, -0.15) is 13.2 Å². The van der Waals surface area contributed by atoms with Gasteiger partial charge in [0.05, 0.1) is 5.56 Å². The Morgan fingerprint density at radius 3 is 2.45 bits per heavy atom. The molecule has 2 atom stereocenters. The lowest BCUT2D eigenvalue weighted by Gasteiger charge is -2.37. The van der Waals surface area contributed by atoms with E-state index in [4.69, 9.17) is 4.74 Å². The van der Waals surface area contributed by atoms with Gasteiger partial charge in [-0.25, -0.2) is 0 Å². The zero-order valence-corrected chi connectivity index (χ0v) is 16.3. The molecule has 1 saturated heterocycles. The van der Waals surface area contributed by atoms with E-state index in [0.29, 0.717) is 5.92 Å². The van der Waals surface area contributed by atoms with Crippen molar-refractivity contribution in [3.05, 3.63) is 65.7 Å². The van der Waals surface area contributed by atoms with E-state index < -0.39 is 11.7 Å². The molecule has 0 saturated carbocycles. The van der Waals surface area contributed by atoms with Crippen LogP contribution in [0.25, 0.3) is 0 Å². The van der Waals surface area contributed by atoms with Gasteiger partial charge in [-0.3, -0.25) is 9.69 Å². The number of ether oxygens (including phenoxy) is 1. The second-order valence-corrected chi connectivity index (χ2v) is 7.47. The Kier molecular flexibility index (Phi) is 6.79. The number of hydrogen-bond acceptors (Lipinski definition) is 3. The number of hydrogen-bond donors (Lipinski definition) is 1. The summed E-state index contributed by atoms with van der Waals surface area (Å²) in [4.78, 5) is 14.6. The summed E-state index contributed by atoms with van der Waals surface area (Å²) in [5, 5.41) is 2.99. The smallest absolute Gasteiger partial charge is 0.416 e. The Hall–Kier alpha value is -2.54. The van der Waals surface area contributed by atoms with Gasteiger partial charge in [-0.1, -0.05) is 37.3 Å². The molecule has 3 rings (SSSR count). The summed E-state index contributed by atoms with van der Waals surface area (Å²) < 4.78 is 43.0. The molecule has 0 aliphatic carbocycles. The fourth-order valence-corrected chi connectivity index (χ4v) is 3.57. The maximum Gasteiger partial charge on any atom is 0.416 e. The minimum absolute atomic E-state index is 0.0609. The van der Waals surface area contributed by atoms with E-state index in [-0.39, 0.29) is 24.3 Å². The number of nitrogens with one attached hydrogen (secondary N) is 1. The third-order valence-electron chi connectivity index (χ3n) is 5.14. The quantitative estimate of drug-likeness (QED) is 0.785. The molecule has 0 spiro atoms. The van der Waals surface area contributed by atoms with Crippen molar-refractivity contribution in [1.82, 2.24) is 10.2 Å². The lowest BCUT2D eigenvalue weighted by atomic mass is 9.93. The number of alkyl halides is 3. The van der Waals surface area contributed by atoms with Crippen molar-refractivity contribution < 1.29 is 22.7 Å². The molecule has 2 aromatic rings. The van der Waals surface area contributed by atoms with Crippen molar-refractivity contribution in [2.24, 2.45) is 5.92 Å². The number of carbonyl (C=O) groups excluding carboxylic acids is 1. The molecular formula is C22H25F3N2O2. The molecule has 1 fully saturated rings. The zero-order valence-electron chi connectivity index (χ0n) is 16.3. The zero-order chi connectivity index (χ0) is 20.9. The summed E-state index contributed by atoms with van der Waals surface area (Å²) in [6.45, 7) is 4.56. The summed E-state index contributed by atoms with van der Waals surface area (Å²) in [6, 6.07) is 14.7. The van der Waals surface area contributed by atoms with E-state index in [1.54, 1.807) is 0 Å². The van der Waals surface area contributed by atoms with Crippen molar-refractivity contribution in [2.45, 2.75) is 32.1 Å². The molecule has 7 heteroatoms. The van der Waals surface area contributed by atoms with Gasteiger partial charge in [-0.15, -0.1) is 0 Å². The van der Waals surface area contributed by atoms with Gasteiger partial charge in [0.2, 0.25) is 0 Å². The number of amides is 1. The van der Waals surface area contributed by atoms with Crippen molar-refractivity contribution >= 4 is 5.91 Å². The minimum atomic E-state index is -4.39. The highest BCUT2D eigenvalue weighted by molar-refractivity contribution is 5.77. The third-order valence-corrected chi connectivity index (χ3v) is 5.14. The van der Waals surface area contributed by atoms with Crippen LogP contribution in [-0.4, -0.2) is 36.5 Å². The second-order valence-electron chi connectivity index (χ2n) is 7.47. The van der Waals surface area contributed by atoms with Crippen LogP contribution in [0.5, 0.6) is 5.75 Å². The standard InChI is InChI=1S/C22H25F3N2O2/c1-16-13-27(14-17-5-3-2-4-6-17)12-11-20(16)26-21(28)15-29-19-9-7-18(8-10-19)22(23,24)25/h2-10,16,20H,11-15H2,1H3,(H,26,28). The van der Waals surface area contributed by atoms with E-state index in [1.807, 2.05) is 18.2 Å². The van der Waals surface area contributed by atoms with Gasteiger partial charge in [0.25, 0.3) is 5.91 Å². The summed E-state index contributed by atoms with van der Waals surface area (Å²) in [7, 11) is 0. The van der Waals surface area contributed by atoms with Gasteiger partial charge in [0.1, 0.15) is 5.75 Å². The molecule has 156 valence electrons. The Balaban J connectivity index is 1.43. The number of rotatable bonds is 6. The van der Waals surface area contributed by atoms with Crippen molar-refractivity contribution in [3.8, 4) is 5.75 Å². The molecule has 1 aliphatic rings. The molecule has 2 unspecified atom stereocenters. The number of piperidine rings is 1. The summed E-state index contributed by atoms with van der Waals surface area (Å²) in [5.41, 5.74) is 0.525. The number of nitrogens with zero attached hydrogens (tertiary/aromatic N) is 1. The summed E-state index contributed by atoms with van der Waals surface area (Å²) in [6.07, 6.45) is -3.54. The molecule has 4 nitrogen and oxygen atoms in total. The Morgan fingerprint density at radius 1 is 1.14 bits per heavy atom. The minimum Gasteiger partial charge on any atom is -0.484 e. The van der Waals surface area contributed by atoms with E-state index in [0.717, 1.165) is 38.2 Å². The predicted molar refractivity (Wildman–Crippen MR) is 104 cm³/mol. The van der Waals surface area contributed by atoms with Crippen molar-refractivity contribution in [2.75, 3.05) is 19.7 Å². The third kappa shape index (κ3) is 6.22. The van der Waals surface area contributed by atoms with Gasteiger partial charge >= 0.3 is 6.18 Å². The Bertz CT molecular complexity index is 794. The lowest BCUT2D eigenvalue weighted by molar-refractivity contribution is -0.137. The maximum atomic E-state index is 12.6. The monoisotopic (exact) mass is 406 g/mol. The number of halogens is 3. The van der Waals surface area contributed by atoms with Crippen LogP contribution in [0.15, 0.2) is 54.6 Å². The average molecular weight is 406 g/mol. The molecule has 0 radical (unpaired) electrons. The topological polar surface area (TPSA) is 41.6 Å². The maximum absolute atomic E-state index is 12.6. The summed E-state index contributed by atoms with van der Waals surface area (Å²) >= 11 is 0. The highest BCUT2D eigenvalue weighted by Crippen LogP contribution is 2.30. The van der Waals surface area contributed by atoms with E-state index >= 15 is 0 Å². The van der Waals surface area contributed by atoms with Crippen LogP contribution in [-0.2, 0) is 17.5 Å². The molecule has 1 aliphatic heterocycles. The number of likely N-dealkylation sites (tertiary alicyclic amines) is 1. The Morgan fingerprint density at radius 2 is 1.83 bits per heavy atom. The van der Waals surface area contributed by atoms with Gasteiger partial charge in [-0.05, 0) is 42.2 Å². The lowest BCUT2D eigenvalue weighted by Crippen LogP contribution is -2.50. The predicted octanol–water partition coefficient (Wildman–Crippen LogP) is 4.11. The van der Waals surface area contributed by atoms with E-state index in [9.17, 15) is 18.0 Å². The fraction of sp³-hybridized carbons (Fsp3) is 0.409. The van der Waals surface area contributed by atoms with E-state index in [1.165, 1.54) is 17.7 Å². The fourth-order valence-electron chi connectivity index (χ4n) is 3.57. The molecule has 0 aromatic heterocycles. The van der Waals surface area contributed by atoms with Crippen LogP contribution in [0.2, 0.25) is 0 Å². The average Bonchev–Trinajstić information content (AvgIpc) is 2.69. The molecular weight excluding hydrogens is 381 g/mol. The SMILES string of the molecule is CC1CN(Cc2ccccc2)CCC1NC(=O)COc1ccc(C(F)(F)F)cc1. The molecule has 0 bridgehead atoms. The first-order chi connectivity index (χ1) is 13.8. The van der Waals surface area contributed by atoms with Crippen LogP contribution >= 0.6 is 0 Å². The highest BCUT2D eigenvalue weighted by Gasteiger charge is 2.30. The normalized spacial score (nSPS) is 20.3. The van der Waals surface area contributed by atoms with Crippen molar-refractivity contribution in [3.63, 3.8) is 0 Å². The molecule has 1 amide bonds. The first-order valence-electron chi connectivity index (χ1n) is 9.67. The van der Waals surface area contributed by atoms with Gasteiger partial charge < -0.3 is 10.1 Å². The number of benzene rings is 2. The van der Waals surface area contributed by atoms with Crippen LogP contribution in [0, 0.1) is 5.92 Å². The second kappa shape index (κ2) is 9.31. The molecule has 1 N–H and O–H groups in total. The van der Waals surface area contributed by atoms with Crippen LogP contribution in [0.3, 0.4) is 0 Å². The molecule has 1 heterocycles. The van der Waals surface area contributed by atoms with Gasteiger partial charge in [0.15, 0.2) is 6.61 Å².